The largest absolute Gasteiger partial charge is 0.348 e. The summed E-state index contributed by atoms with van der Waals surface area (Å²) in [6.45, 7) is 2.15. The highest BCUT2D eigenvalue weighted by Crippen LogP contribution is 2.36. The van der Waals surface area contributed by atoms with Crippen LogP contribution in [0.2, 0.25) is 0 Å². The minimum atomic E-state index is -0.105. The molecule has 22 heavy (non-hydrogen) atoms. The fourth-order valence-corrected chi connectivity index (χ4v) is 2.95. The van der Waals surface area contributed by atoms with Crippen molar-refractivity contribution in [3.8, 4) is 0 Å². The minimum Gasteiger partial charge on any atom is -0.348 e. The maximum absolute atomic E-state index is 12.2. The smallest absolute Gasteiger partial charge is 0.270 e. The number of para-hydroxylation sites is 1. The molecule has 0 saturated heterocycles. The predicted octanol–water partition coefficient (Wildman–Crippen LogP) is 2.45. The number of hydrogen-bond donors (Lipinski definition) is 1. The molecular weight excluding hydrogens is 276 g/mol. The third-order valence-electron chi connectivity index (χ3n) is 4.21. The summed E-state index contributed by atoms with van der Waals surface area (Å²) in [5.41, 5.74) is 2.87. The van der Waals surface area contributed by atoms with Gasteiger partial charge in [-0.15, -0.1) is 0 Å². The van der Waals surface area contributed by atoms with Crippen molar-refractivity contribution in [3.63, 3.8) is 0 Å². The molecule has 1 aliphatic heterocycles. The lowest BCUT2D eigenvalue weighted by atomic mass is 10.1. The van der Waals surface area contributed by atoms with Gasteiger partial charge in [0.15, 0.2) is 0 Å². The van der Waals surface area contributed by atoms with E-state index in [0.717, 1.165) is 24.9 Å². The highest BCUT2D eigenvalue weighted by atomic mass is 16.2. The summed E-state index contributed by atoms with van der Waals surface area (Å²) >= 11 is 0. The number of anilines is 2. The van der Waals surface area contributed by atoms with Gasteiger partial charge in [0.2, 0.25) is 5.95 Å². The average Bonchev–Trinajstić information content (AvgIpc) is 3.27. The van der Waals surface area contributed by atoms with Gasteiger partial charge in [-0.3, -0.25) is 4.79 Å². The summed E-state index contributed by atoms with van der Waals surface area (Å²) in [7, 11) is 0. The summed E-state index contributed by atoms with van der Waals surface area (Å²) in [6.07, 6.45) is 4.77. The van der Waals surface area contributed by atoms with E-state index in [0.29, 0.717) is 23.7 Å². The minimum absolute atomic E-state index is 0.105. The van der Waals surface area contributed by atoms with E-state index in [2.05, 4.69) is 45.3 Å². The molecule has 1 unspecified atom stereocenters. The monoisotopic (exact) mass is 294 g/mol. The van der Waals surface area contributed by atoms with Crippen LogP contribution in [0.1, 0.15) is 35.8 Å². The van der Waals surface area contributed by atoms with Gasteiger partial charge in [-0.25, -0.2) is 9.97 Å². The molecule has 2 aliphatic rings. The van der Waals surface area contributed by atoms with E-state index in [1.807, 2.05) is 6.07 Å². The van der Waals surface area contributed by atoms with Crippen LogP contribution in [-0.4, -0.2) is 28.0 Å². The van der Waals surface area contributed by atoms with Gasteiger partial charge in [0.1, 0.15) is 5.69 Å². The molecule has 0 spiro atoms. The molecule has 1 saturated carbocycles. The van der Waals surface area contributed by atoms with E-state index in [4.69, 9.17) is 0 Å². The van der Waals surface area contributed by atoms with Crippen molar-refractivity contribution in [1.82, 2.24) is 15.3 Å². The number of carbonyl (C=O) groups is 1. The predicted molar refractivity (Wildman–Crippen MR) is 84.3 cm³/mol. The van der Waals surface area contributed by atoms with Crippen LogP contribution in [0.4, 0.5) is 11.6 Å². The lowest BCUT2D eigenvalue weighted by molar-refractivity contribution is 0.0946. The quantitative estimate of drug-likeness (QED) is 0.944. The van der Waals surface area contributed by atoms with E-state index in [1.165, 1.54) is 5.56 Å². The van der Waals surface area contributed by atoms with Crippen LogP contribution in [0.5, 0.6) is 0 Å². The zero-order valence-corrected chi connectivity index (χ0v) is 12.5. The molecule has 2 heterocycles. The molecule has 0 radical (unpaired) electrons. The van der Waals surface area contributed by atoms with Crippen molar-refractivity contribution in [3.05, 3.63) is 47.8 Å². The molecule has 1 aromatic heterocycles. The van der Waals surface area contributed by atoms with E-state index >= 15 is 0 Å². The maximum atomic E-state index is 12.2. The Labute approximate surface area is 129 Å². The third-order valence-corrected chi connectivity index (χ3v) is 4.21. The summed E-state index contributed by atoms with van der Waals surface area (Å²) in [5, 5.41) is 2.97. The SMILES string of the molecule is CC1Cc2ccccc2N1c1nccc(C(=O)NC2CC2)n1. The van der Waals surface area contributed by atoms with Gasteiger partial charge in [-0.2, -0.15) is 0 Å². The van der Waals surface area contributed by atoms with Gasteiger partial charge >= 0.3 is 0 Å². The topological polar surface area (TPSA) is 58.1 Å². The standard InChI is InChI=1S/C17H18N4O/c1-11-10-12-4-2-3-5-15(12)21(11)17-18-9-8-14(20-17)16(22)19-13-6-7-13/h2-5,8-9,11,13H,6-7,10H2,1H3,(H,19,22). The first-order valence-electron chi connectivity index (χ1n) is 7.73. The normalized spacial score (nSPS) is 19.9. The Balaban J connectivity index is 1.66. The molecule has 5 nitrogen and oxygen atoms in total. The van der Waals surface area contributed by atoms with E-state index in [1.54, 1.807) is 12.3 Å². The summed E-state index contributed by atoms with van der Waals surface area (Å²) in [6, 6.07) is 10.6. The fourth-order valence-electron chi connectivity index (χ4n) is 2.95. The van der Waals surface area contributed by atoms with E-state index in [9.17, 15) is 4.79 Å². The molecule has 112 valence electrons. The number of nitrogens with zero attached hydrogens (tertiary/aromatic N) is 3. The molecule has 5 heteroatoms. The van der Waals surface area contributed by atoms with Gasteiger partial charge in [-0.1, -0.05) is 18.2 Å². The van der Waals surface area contributed by atoms with E-state index < -0.39 is 0 Å². The van der Waals surface area contributed by atoms with E-state index in [-0.39, 0.29) is 5.91 Å². The Kier molecular flexibility index (Phi) is 3.06. The molecule has 2 aromatic rings. The Hall–Kier alpha value is -2.43. The zero-order valence-electron chi connectivity index (χ0n) is 12.5. The number of hydrogen-bond acceptors (Lipinski definition) is 4. The van der Waals surface area contributed by atoms with Gasteiger partial charge in [-0.05, 0) is 43.9 Å². The fraction of sp³-hybridized carbons (Fsp3) is 0.353. The summed E-state index contributed by atoms with van der Waals surface area (Å²) in [4.78, 5) is 23.2. The Morgan fingerprint density at radius 1 is 1.27 bits per heavy atom. The number of rotatable bonds is 3. The van der Waals surface area contributed by atoms with Crippen LogP contribution in [0.3, 0.4) is 0 Å². The summed E-state index contributed by atoms with van der Waals surface area (Å²) < 4.78 is 0. The Morgan fingerprint density at radius 3 is 2.91 bits per heavy atom. The van der Waals surface area contributed by atoms with Crippen LogP contribution >= 0.6 is 0 Å². The number of benzene rings is 1. The lowest BCUT2D eigenvalue weighted by Crippen LogP contribution is -2.29. The summed E-state index contributed by atoms with van der Waals surface area (Å²) in [5.74, 6) is 0.493. The molecule has 1 atom stereocenters. The number of aromatic nitrogens is 2. The highest BCUT2D eigenvalue weighted by molar-refractivity contribution is 5.93. The lowest BCUT2D eigenvalue weighted by Gasteiger charge is -2.22. The Morgan fingerprint density at radius 2 is 2.09 bits per heavy atom. The second-order valence-corrected chi connectivity index (χ2v) is 6.04. The average molecular weight is 294 g/mol. The molecular formula is C17H18N4O. The van der Waals surface area contributed by atoms with Crippen molar-refractivity contribution in [2.45, 2.75) is 38.3 Å². The maximum Gasteiger partial charge on any atom is 0.270 e. The molecule has 1 fully saturated rings. The van der Waals surface area contributed by atoms with Crippen LogP contribution in [0.15, 0.2) is 36.5 Å². The number of amides is 1. The van der Waals surface area contributed by atoms with Gasteiger partial charge in [0, 0.05) is 24.0 Å². The zero-order chi connectivity index (χ0) is 15.1. The van der Waals surface area contributed by atoms with Gasteiger partial charge in [0.05, 0.1) is 0 Å². The molecule has 1 aromatic carbocycles. The molecule has 4 rings (SSSR count). The first-order valence-corrected chi connectivity index (χ1v) is 7.73. The second kappa shape index (κ2) is 5.09. The van der Waals surface area contributed by atoms with Crippen molar-refractivity contribution < 1.29 is 4.79 Å². The van der Waals surface area contributed by atoms with Crippen molar-refractivity contribution in [1.29, 1.82) is 0 Å². The molecule has 1 amide bonds. The number of carbonyl (C=O) groups excluding carboxylic acids is 1. The Bertz CT molecular complexity index is 726. The first-order chi connectivity index (χ1) is 10.7. The highest BCUT2D eigenvalue weighted by Gasteiger charge is 2.29. The first kappa shape index (κ1) is 13.2. The van der Waals surface area contributed by atoms with Crippen LogP contribution in [-0.2, 0) is 6.42 Å². The van der Waals surface area contributed by atoms with Gasteiger partial charge < -0.3 is 10.2 Å². The van der Waals surface area contributed by atoms with Crippen LogP contribution in [0, 0.1) is 0 Å². The van der Waals surface area contributed by atoms with Crippen molar-refractivity contribution >= 4 is 17.5 Å². The van der Waals surface area contributed by atoms with Crippen LogP contribution in [0.25, 0.3) is 0 Å². The molecule has 1 N–H and O–H groups in total. The van der Waals surface area contributed by atoms with Gasteiger partial charge in [0.25, 0.3) is 5.91 Å². The molecule has 0 bridgehead atoms. The number of fused-ring (bicyclic) bond motifs is 1. The van der Waals surface area contributed by atoms with Crippen molar-refractivity contribution in [2.24, 2.45) is 0 Å². The second-order valence-electron chi connectivity index (χ2n) is 6.04. The number of nitrogens with one attached hydrogen (secondary N) is 1. The van der Waals surface area contributed by atoms with Crippen molar-refractivity contribution in [2.75, 3.05) is 4.90 Å². The molecule has 1 aliphatic carbocycles. The van der Waals surface area contributed by atoms with Crippen LogP contribution < -0.4 is 10.2 Å². The third kappa shape index (κ3) is 2.32.